The SMILES string of the molecule is CC=NOC(C)(C)CCC. The van der Waals surface area contributed by atoms with Crippen LogP contribution in [-0.2, 0) is 4.84 Å². The normalized spacial score (nSPS) is 12.4. The van der Waals surface area contributed by atoms with Crippen LogP contribution < -0.4 is 0 Å². The largest absolute Gasteiger partial charge is 0.390 e. The van der Waals surface area contributed by atoms with E-state index >= 15 is 0 Å². The minimum Gasteiger partial charge on any atom is -0.390 e. The molecule has 0 aromatic heterocycles. The number of hydrogen-bond donors (Lipinski definition) is 0. The van der Waals surface area contributed by atoms with E-state index in [-0.39, 0.29) is 5.60 Å². The van der Waals surface area contributed by atoms with Crippen LogP contribution >= 0.6 is 0 Å². The highest BCUT2D eigenvalue weighted by atomic mass is 16.6. The molecule has 0 aliphatic carbocycles. The van der Waals surface area contributed by atoms with Gasteiger partial charge in [-0.25, -0.2) is 0 Å². The lowest BCUT2D eigenvalue weighted by Gasteiger charge is -2.20. The zero-order chi connectivity index (χ0) is 8.04. The molecule has 0 aromatic carbocycles. The second kappa shape index (κ2) is 4.31. The lowest BCUT2D eigenvalue weighted by atomic mass is 10.0. The van der Waals surface area contributed by atoms with Crippen LogP contribution in [0.25, 0.3) is 0 Å². The predicted molar refractivity (Wildman–Crippen MR) is 44.2 cm³/mol. The van der Waals surface area contributed by atoms with E-state index < -0.39 is 0 Å². The van der Waals surface area contributed by atoms with Crippen LogP contribution in [0.1, 0.15) is 40.5 Å². The van der Waals surface area contributed by atoms with Crippen LogP contribution in [0.15, 0.2) is 5.16 Å². The Bertz CT molecular complexity index is 108. The second-order valence-corrected chi connectivity index (χ2v) is 2.96. The minimum absolute atomic E-state index is 0.0960. The average Bonchev–Trinajstić information content (AvgIpc) is 1.84. The molecule has 0 atom stereocenters. The Morgan fingerprint density at radius 2 is 2.10 bits per heavy atom. The van der Waals surface area contributed by atoms with Crippen LogP contribution in [0, 0.1) is 0 Å². The summed E-state index contributed by atoms with van der Waals surface area (Å²) in [7, 11) is 0. The van der Waals surface area contributed by atoms with E-state index in [1.54, 1.807) is 6.21 Å². The highest BCUT2D eigenvalue weighted by molar-refractivity contribution is 5.52. The molecule has 0 aromatic rings. The molecule has 0 radical (unpaired) electrons. The van der Waals surface area contributed by atoms with E-state index in [0.717, 1.165) is 12.8 Å². The van der Waals surface area contributed by atoms with Crippen LogP contribution in [0.5, 0.6) is 0 Å². The van der Waals surface area contributed by atoms with Crippen molar-refractivity contribution in [3.8, 4) is 0 Å². The van der Waals surface area contributed by atoms with Gasteiger partial charge in [0.25, 0.3) is 0 Å². The Balaban J connectivity index is 3.62. The molecule has 0 amide bonds. The first-order chi connectivity index (χ1) is 4.62. The minimum atomic E-state index is -0.0960. The van der Waals surface area contributed by atoms with E-state index in [9.17, 15) is 0 Å². The van der Waals surface area contributed by atoms with Crippen molar-refractivity contribution in [3.63, 3.8) is 0 Å². The quantitative estimate of drug-likeness (QED) is 0.438. The highest BCUT2D eigenvalue weighted by Crippen LogP contribution is 2.15. The Hall–Kier alpha value is -0.530. The Kier molecular flexibility index (Phi) is 4.08. The summed E-state index contributed by atoms with van der Waals surface area (Å²) < 4.78 is 0. The van der Waals surface area contributed by atoms with Crippen molar-refractivity contribution in [1.29, 1.82) is 0 Å². The van der Waals surface area contributed by atoms with Crippen LogP contribution in [0.3, 0.4) is 0 Å². The van der Waals surface area contributed by atoms with Crippen molar-refractivity contribution in [1.82, 2.24) is 0 Å². The summed E-state index contributed by atoms with van der Waals surface area (Å²) in [6.45, 7) is 8.08. The Morgan fingerprint density at radius 3 is 2.50 bits per heavy atom. The molecule has 0 N–H and O–H groups in total. The summed E-state index contributed by atoms with van der Waals surface area (Å²) >= 11 is 0. The molecule has 0 aliphatic rings. The van der Waals surface area contributed by atoms with E-state index in [1.807, 2.05) is 20.8 Å². The number of hydrogen-bond acceptors (Lipinski definition) is 2. The molecule has 10 heavy (non-hydrogen) atoms. The highest BCUT2D eigenvalue weighted by Gasteiger charge is 2.16. The van der Waals surface area contributed by atoms with E-state index in [0.29, 0.717) is 0 Å². The second-order valence-electron chi connectivity index (χ2n) is 2.96. The van der Waals surface area contributed by atoms with E-state index in [2.05, 4.69) is 12.1 Å². The van der Waals surface area contributed by atoms with Crippen molar-refractivity contribution < 1.29 is 4.84 Å². The van der Waals surface area contributed by atoms with Gasteiger partial charge in [0.1, 0.15) is 5.60 Å². The number of nitrogens with zero attached hydrogens (tertiary/aromatic N) is 1. The van der Waals surface area contributed by atoms with Crippen LogP contribution in [0.4, 0.5) is 0 Å². The zero-order valence-corrected chi connectivity index (χ0v) is 7.35. The number of rotatable bonds is 4. The molecule has 0 unspecified atom stereocenters. The fourth-order valence-electron chi connectivity index (χ4n) is 0.843. The summed E-state index contributed by atoms with van der Waals surface area (Å²) in [6, 6.07) is 0. The van der Waals surface area contributed by atoms with Crippen molar-refractivity contribution >= 4 is 6.21 Å². The number of oxime groups is 1. The molecule has 0 saturated heterocycles. The lowest BCUT2D eigenvalue weighted by molar-refractivity contribution is -0.0200. The summed E-state index contributed by atoms with van der Waals surface area (Å²) in [5.74, 6) is 0. The summed E-state index contributed by atoms with van der Waals surface area (Å²) in [6.07, 6.45) is 3.84. The maximum Gasteiger partial charge on any atom is 0.132 e. The molecule has 0 aliphatic heterocycles. The van der Waals surface area contributed by atoms with Crippen molar-refractivity contribution in [2.45, 2.75) is 46.1 Å². The van der Waals surface area contributed by atoms with E-state index in [4.69, 9.17) is 4.84 Å². The van der Waals surface area contributed by atoms with E-state index in [1.165, 1.54) is 0 Å². The van der Waals surface area contributed by atoms with Gasteiger partial charge in [-0.3, -0.25) is 0 Å². The molecule has 0 fully saturated rings. The third-order valence-electron chi connectivity index (χ3n) is 1.26. The molecule has 0 spiro atoms. The van der Waals surface area contributed by atoms with Crippen LogP contribution in [-0.4, -0.2) is 11.8 Å². The molecule has 2 nitrogen and oxygen atoms in total. The van der Waals surface area contributed by atoms with Gasteiger partial charge in [-0.15, -0.1) is 0 Å². The molecular formula is C8H17NO. The first-order valence-electron chi connectivity index (χ1n) is 3.78. The van der Waals surface area contributed by atoms with Gasteiger partial charge in [-0.05, 0) is 27.2 Å². The van der Waals surface area contributed by atoms with Crippen molar-refractivity contribution in [2.24, 2.45) is 5.16 Å². The van der Waals surface area contributed by atoms with Gasteiger partial charge in [0, 0.05) is 6.21 Å². The van der Waals surface area contributed by atoms with Crippen LogP contribution in [0.2, 0.25) is 0 Å². The third kappa shape index (κ3) is 4.36. The molecule has 0 saturated carbocycles. The maximum atomic E-state index is 5.19. The maximum absolute atomic E-state index is 5.19. The topological polar surface area (TPSA) is 21.6 Å². The van der Waals surface area contributed by atoms with Gasteiger partial charge < -0.3 is 4.84 Å². The van der Waals surface area contributed by atoms with Crippen molar-refractivity contribution in [3.05, 3.63) is 0 Å². The Morgan fingerprint density at radius 1 is 1.50 bits per heavy atom. The zero-order valence-electron chi connectivity index (χ0n) is 7.35. The summed E-state index contributed by atoms with van der Waals surface area (Å²) in [5.41, 5.74) is -0.0960. The third-order valence-corrected chi connectivity index (χ3v) is 1.26. The standard InChI is InChI=1S/C8H17NO/c1-5-7-8(3,4)10-9-6-2/h6H,5,7H2,1-4H3. The van der Waals surface area contributed by atoms with Gasteiger partial charge in [0.15, 0.2) is 0 Å². The van der Waals surface area contributed by atoms with Gasteiger partial charge in [-0.2, -0.15) is 0 Å². The monoisotopic (exact) mass is 143 g/mol. The smallest absolute Gasteiger partial charge is 0.132 e. The van der Waals surface area contributed by atoms with Gasteiger partial charge >= 0.3 is 0 Å². The van der Waals surface area contributed by atoms with Crippen molar-refractivity contribution in [2.75, 3.05) is 0 Å². The fraction of sp³-hybridized carbons (Fsp3) is 0.875. The average molecular weight is 143 g/mol. The first-order valence-corrected chi connectivity index (χ1v) is 3.78. The Labute approximate surface area is 63.3 Å². The molecule has 60 valence electrons. The molecule has 0 rings (SSSR count). The lowest BCUT2D eigenvalue weighted by Crippen LogP contribution is -2.21. The molecule has 2 heteroatoms. The van der Waals surface area contributed by atoms with Gasteiger partial charge in [0.05, 0.1) is 0 Å². The summed E-state index contributed by atoms with van der Waals surface area (Å²) in [5, 5.41) is 3.74. The predicted octanol–water partition coefficient (Wildman–Crippen LogP) is 2.59. The summed E-state index contributed by atoms with van der Waals surface area (Å²) in [4.78, 5) is 5.19. The fourth-order valence-corrected chi connectivity index (χ4v) is 0.843. The van der Waals surface area contributed by atoms with Gasteiger partial charge in [-0.1, -0.05) is 18.5 Å². The first kappa shape index (κ1) is 9.47. The molecule has 0 bridgehead atoms. The van der Waals surface area contributed by atoms with Gasteiger partial charge in [0.2, 0.25) is 0 Å². The molecule has 0 heterocycles. The molecular weight excluding hydrogens is 126 g/mol.